The van der Waals surface area contributed by atoms with Gasteiger partial charge < -0.3 is 0 Å². The lowest BCUT2D eigenvalue weighted by Gasteiger charge is -2.10. The van der Waals surface area contributed by atoms with E-state index < -0.39 is 0 Å². The van der Waals surface area contributed by atoms with Crippen LogP contribution in [0.15, 0.2) is 42.1 Å². The van der Waals surface area contributed by atoms with Crippen LogP contribution < -0.4 is 5.56 Å². The maximum Gasteiger partial charge on any atom is 0.266 e. The maximum absolute atomic E-state index is 12.2. The Morgan fingerprint density at radius 1 is 1.39 bits per heavy atom. The minimum Gasteiger partial charge on any atom is -0.268 e. The molecule has 2 rings (SSSR count). The van der Waals surface area contributed by atoms with Crippen molar-refractivity contribution in [1.82, 2.24) is 9.55 Å². The molecule has 3 nitrogen and oxygen atoms in total. The molecule has 0 atom stereocenters. The van der Waals surface area contributed by atoms with Gasteiger partial charge in [-0.1, -0.05) is 35.9 Å². The van der Waals surface area contributed by atoms with Crippen molar-refractivity contribution in [2.45, 2.75) is 13.8 Å². The quantitative estimate of drug-likeness (QED) is 0.832. The highest BCUT2D eigenvalue weighted by Crippen LogP contribution is 2.15. The molecule has 0 amide bonds. The number of rotatable bonds is 2. The van der Waals surface area contributed by atoms with Crippen molar-refractivity contribution in [2.24, 2.45) is 0 Å². The van der Waals surface area contributed by atoms with Crippen molar-refractivity contribution < 1.29 is 0 Å². The molecular weight excluding hydrogens is 248 g/mol. The highest BCUT2D eigenvalue weighted by atomic mass is 35.5. The van der Waals surface area contributed by atoms with Crippen LogP contribution >= 0.6 is 11.6 Å². The van der Waals surface area contributed by atoms with E-state index >= 15 is 0 Å². The van der Waals surface area contributed by atoms with E-state index in [0.29, 0.717) is 5.56 Å². The summed E-state index contributed by atoms with van der Waals surface area (Å²) in [5.41, 5.74) is 3.07. The third kappa shape index (κ3) is 2.22. The Morgan fingerprint density at radius 2 is 2.11 bits per heavy atom. The molecule has 0 fully saturated rings. The Hall–Kier alpha value is -1.87. The second-order valence-corrected chi connectivity index (χ2v) is 4.63. The third-order valence-corrected chi connectivity index (χ3v) is 2.94. The first-order chi connectivity index (χ1) is 8.50. The average molecular weight is 261 g/mol. The molecule has 0 saturated heterocycles. The zero-order chi connectivity index (χ0) is 13.3. The predicted octanol–water partition coefficient (Wildman–Crippen LogP) is 3.06. The fraction of sp³-hybridized carbons (Fsp3) is 0.143. The van der Waals surface area contributed by atoms with Crippen molar-refractivity contribution in [3.8, 4) is 5.69 Å². The van der Waals surface area contributed by atoms with E-state index in [2.05, 4.69) is 11.6 Å². The standard InChI is InChI=1S/C14H13ClN2O/c1-9-4-5-13(10(2)6-9)17-8-16-7-12(11(3)15)14(17)18/h4-8H,3H2,1-2H3. The summed E-state index contributed by atoms with van der Waals surface area (Å²) in [4.78, 5) is 16.2. The Labute approximate surface area is 110 Å². The van der Waals surface area contributed by atoms with Crippen LogP contribution in [0.5, 0.6) is 0 Å². The summed E-state index contributed by atoms with van der Waals surface area (Å²) in [5, 5.41) is 0.201. The molecule has 0 saturated carbocycles. The molecule has 0 radical (unpaired) electrons. The average Bonchev–Trinajstić information content (AvgIpc) is 2.30. The number of aryl methyl sites for hydroxylation is 2. The Kier molecular flexibility index (Phi) is 3.34. The maximum atomic E-state index is 12.2. The molecule has 0 bridgehead atoms. The van der Waals surface area contributed by atoms with Gasteiger partial charge >= 0.3 is 0 Å². The van der Waals surface area contributed by atoms with Gasteiger partial charge in [-0.3, -0.25) is 9.36 Å². The first-order valence-corrected chi connectivity index (χ1v) is 5.87. The topological polar surface area (TPSA) is 34.9 Å². The molecule has 0 N–H and O–H groups in total. The van der Waals surface area contributed by atoms with Gasteiger partial charge in [0.2, 0.25) is 0 Å². The van der Waals surface area contributed by atoms with Gasteiger partial charge in [0.1, 0.15) is 6.33 Å². The lowest BCUT2D eigenvalue weighted by molar-refractivity contribution is 0.920. The summed E-state index contributed by atoms with van der Waals surface area (Å²) in [7, 11) is 0. The highest BCUT2D eigenvalue weighted by Gasteiger charge is 2.09. The molecule has 1 heterocycles. The first-order valence-electron chi connectivity index (χ1n) is 5.50. The second-order valence-electron chi connectivity index (χ2n) is 4.18. The van der Waals surface area contributed by atoms with Gasteiger partial charge in [0.05, 0.1) is 11.3 Å². The molecule has 0 aliphatic rings. The summed E-state index contributed by atoms with van der Waals surface area (Å²) in [5.74, 6) is 0. The van der Waals surface area contributed by atoms with Gasteiger partial charge in [-0.15, -0.1) is 0 Å². The van der Waals surface area contributed by atoms with Crippen LogP contribution in [-0.2, 0) is 0 Å². The number of benzene rings is 1. The van der Waals surface area contributed by atoms with Gasteiger partial charge in [-0.05, 0) is 25.5 Å². The summed E-state index contributed by atoms with van der Waals surface area (Å²) in [6.07, 6.45) is 2.92. The lowest BCUT2D eigenvalue weighted by Crippen LogP contribution is -2.22. The van der Waals surface area contributed by atoms with Crippen LogP contribution in [0.4, 0.5) is 0 Å². The summed E-state index contributed by atoms with van der Waals surface area (Å²) < 4.78 is 1.48. The minimum absolute atomic E-state index is 0.201. The molecule has 18 heavy (non-hydrogen) atoms. The van der Waals surface area contributed by atoms with E-state index in [1.54, 1.807) is 0 Å². The van der Waals surface area contributed by atoms with Gasteiger partial charge in [-0.2, -0.15) is 0 Å². The lowest BCUT2D eigenvalue weighted by atomic mass is 10.1. The summed E-state index contributed by atoms with van der Waals surface area (Å²) in [6, 6.07) is 5.87. The molecular formula is C14H13ClN2O. The van der Waals surface area contributed by atoms with Crippen LogP contribution in [0, 0.1) is 13.8 Å². The Morgan fingerprint density at radius 3 is 2.72 bits per heavy atom. The van der Waals surface area contributed by atoms with E-state index in [9.17, 15) is 4.79 Å². The van der Waals surface area contributed by atoms with Crippen LogP contribution in [0.3, 0.4) is 0 Å². The van der Waals surface area contributed by atoms with E-state index in [0.717, 1.165) is 16.8 Å². The molecule has 0 aliphatic heterocycles. The number of halogens is 1. The molecule has 4 heteroatoms. The van der Waals surface area contributed by atoms with Gasteiger partial charge in [-0.25, -0.2) is 4.98 Å². The third-order valence-electron chi connectivity index (χ3n) is 2.74. The van der Waals surface area contributed by atoms with Crippen molar-refractivity contribution in [3.63, 3.8) is 0 Å². The Balaban J connectivity index is 2.69. The number of aromatic nitrogens is 2. The van der Waals surface area contributed by atoms with Crippen LogP contribution in [0.25, 0.3) is 10.7 Å². The molecule has 0 spiro atoms. The molecule has 0 aliphatic carbocycles. The highest BCUT2D eigenvalue weighted by molar-refractivity contribution is 6.48. The summed E-state index contributed by atoms with van der Waals surface area (Å²) >= 11 is 5.79. The van der Waals surface area contributed by atoms with Crippen molar-refractivity contribution in [1.29, 1.82) is 0 Å². The largest absolute Gasteiger partial charge is 0.268 e. The SMILES string of the molecule is C=C(Cl)c1cncn(-c2ccc(C)cc2C)c1=O. The fourth-order valence-electron chi connectivity index (χ4n) is 1.85. The molecule has 92 valence electrons. The van der Waals surface area contributed by atoms with Crippen molar-refractivity contribution in [2.75, 3.05) is 0 Å². The van der Waals surface area contributed by atoms with E-state index in [1.165, 1.54) is 17.1 Å². The van der Waals surface area contributed by atoms with Crippen LogP contribution in [0.1, 0.15) is 16.7 Å². The molecule has 2 aromatic rings. The van der Waals surface area contributed by atoms with Gasteiger partial charge in [0.25, 0.3) is 5.56 Å². The van der Waals surface area contributed by atoms with Gasteiger partial charge in [0, 0.05) is 11.2 Å². The van der Waals surface area contributed by atoms with Crippen molar-refractivity contribution in [3.05, 3.63) is 64.3 Å². The molecule has 1 aromatic carbocycles. The van der Waals surface area contributed by atoms with Crippen LogP contribution in [-0.4, -0.2) is 9.55 Å². The fourth-order valence-corrected chi connectivity index (χ4v) is 1.97. The minimum atomic E-state index is -0.211. The number of hydrogen-bond donors (Lipinski definition) is 0. The van der Waals surface area contributed by atoms with E-state index in [-0.39, 0.29) is 10.6 Å². The van der Waals surface area contributed by atoms with Crippen LogP contribution in [0.2, 0.25) is 0 Å². The Bertz CT molecular complexity index is 674. The van der Waals surface area contributed by atoms with Crippen molar-refractivity contribution >= 4 is 16.6 Å². The predicted molar refractivity (Wildman–Crippen MR) is 74.2 cm³/mol. The zero-order valence-corrected chi connectivity index (χ0v) is 11.0. The van der Waals surface area contributed by atoms with E-state index in [4.69, 9.17) is 11.6 Å². The van der Waals surface area contributed by atoms with E-state index in [1.807, 2.05) is 32.0 Å². The summed E-state index contributed by atoms with van der Waals surface area (Å²) in [6.45, 7) is 7.53. The first kappa shape index (κ1) is 12.6. The number of hydrogen-bond acceptors (Lipinski definition) is 2. The molecule has 1 aromatic heterocycles. The zero-order valence-electron chi connectivity index (χ0n) is 10.3. The monoisotopic (exact) mass is 260 g/mol. The number of nitrogens with zero attached hydrogens (tertiary/aromatic N) is 2. The van der Waals surface area contributed by atoms with Gasteiger partial charge in [0.15, 0.2) is 0 Å². The smallest absolute Gasteiger partial charge is 0.266 e. The second kappa shape index (κ2) is 4.78. The normalized spacial score (nSPS) is 10.4. The molecule has 0 unspecified atom stereocenters.